The molecule has 2 N–H and O–H groups in total. The van der Waals surface area contributed by atoms with Gasteiger partial charge in [0.15, 0.2) is 17.3 Å². The number of amides is 1. The molecular weight excluding hydrogens is 477 g/mol. The molecule has 0 saturated carbocycles. The molecule has 3 heterocycles. The quantitative estimate of drug-likeness (QED) is 0.316. The maximum absolute atomic E-state index is 12.8. The minimum absolute atomic E-state index is 0.113. The van der Waals surface area contributed by atoms with Gasteiger partial charge in [0.2, 0.25) is 0 Å². The summed E-state index contributed by atoms with van der Waals surface area (Å²) in [4.78, 5) is 21.3. The molecule has 0 atom stereocenters. The highest BCUT2D eigenvalue weighted by Gasteiger charge is 2.19. The van der Waals surface area contributed by atoms with Crippen molar-refractivity contribution in [2.24, 2.45) is 0 Å². The Labute approximate surface area is 203 Å². The molecule has 34 heavy (non-hydrogen) atoms. The van der Waals surface area contributed by atoms with Crippen molar-refractivity contribution in [3.8, 4) is 11.5 Å². The van der Waals surface area contributed by atoms with Gasteiger partial charge in [-0.05, 0) is 18.2 Å². The lowest BCUT2D eigenvalue weighted by Crippen LogP contribution is -2.14. The minimum atomic E-state index is -0.510. The van der Waals surface area contributed by atoms with Gasteiger partial charge in [-0.2, -0.15) is 5.10 Å². The summed E-state index contributed by atoms with van der Waals surface area (Å²) in [5.41, 5.74) is 2.42. The number of nitrogens with zero attached hydrogens (tertiary/aromatic N) is 3. The molecule has 5 aromatic rings. The molecule has 10 heteroatoms. The van der Waals surface area contributed by atoms with Crippen molar-refractivity contribution >= 4 is 56.7 Å². The van der Waals surface area contributed by atoms with E-state index < -0.39 is 5.91 Å². The summed E-state index contributed by atoms with van der Waals surface area (Å²) in [6, 6.07) is 15.3. The van der Waals surface area contributed by atoms with Crippen molar-refractivity contribution in [3.63, 3.8) is 0 Å². The number of fused-ring (bicyclic) bond motifs is 2. The van der Waals surface area contributed by atoms with E-state index in [-0.39, 0.29) is 22.2 Å². The standard InChI is InChI=1S/C24H17Cl2N5O3/c1-33-20-9-19-15(23(31-30-19)29-24(32)22-16(25)10-27-11-17(22)26)8-21(20)34-12-14-7-6-13-4-2-3-5-18(13)28-14/h2-11H,12H2,1H3,(H2,29,30,31,32). The van der Waals surface area contributed by atoms with Gasteiger partial charge in [0.1, 0.15) is 6.61 Å². The Morgan fingerprint density at radius 3 is 2.65 bits per heavy atom. The Morgan fingerprint density at radius 2 is 1.85 bits per heavy atom. The molecule has 0 unspecified atom stereocenters. The normalized spacial score (nSPS) is 11.0. The molecule has 0 saturated heterocycles. The van der Waals surface area contributed by atoms with Crippen LogP contribution in [0.25, 0.3) is 21.8 Å². The van der Waals surface area contributed by atoms with Crippen molar-refractivity contribution in [2.75, 3.05) is 12.4 Å². The second-order valence-corrected chi connectivity index (χ2v) is 8.15. The van der Waals surface area contributed by atoms with Crippen LogP contribution in [0.4, 0.5) is 5.82 Å². The highest BCUT2D eigenvalue weighted by Crippen LogP contribution is 2.35. The van der Waals surface area contributed by atoms with E-state index in [9.17, 15) is 4.79 Å². The number of H-pyrrole nitrogens is 1. The van der Waals surface area contributed by atoms with Gasteiger partial charge in [-0.3, -0.25) is 14.9 Å². The fourth-order valence-corrected chi connectivity index (χ4v) is 4.07. The van der Waals surface area contributed by atoms with Crippen LogP contribution in [-0.2, 0) is 6.61 Å². The first-order valence-electron chi connectivity index (χ1n) is 10.2. The predicted molar refractivity (Wildman–Crippen MR) is 131 cm³/mol. The van der Waals surface area contributed by atoms with Crippen LogP contribution < -0.4 is 14.8 Å². The molecule has 0 aliphatic carbocycles. The van der Waals surface area contributed by atoms with E-state index in [0.717, 1.165) is 16.6 Å². The Balaban J connectivity index is 1.43. The van der Waals surface area contributed by atoms with E-state index in [1.54, 1.807) is 19.2 Å². The zero-order valence-corrected chi connectivity index (χ0v) is 19.3. The number of hydrogen-bond donors (Lipinski definition) is 2. The minimum Gasteiger partial charge on any atom is -0.493 e. The smallest absolute Gasteiger partial charge is 0.260 e. The fraction of sp³-hybridized carbons (Fsp3) is 0.0833. The lowest BCUT2D eigenvalue weighted by Gasteiger charge is -2.12. The average molecular weight is 494 g/mol. The van der Waals surface area contributed by atoms with Crippen LogP contribution >= 0.6 is 23.2 Å². The third kappa shape index (κ3) is 4.21. The number of para-hydroxylation sites is 1. The largest absolute Gasteiger partial charge is 0.493 e. The van der Waals surface area contributed by atoms with Crippen LogP contribution in [0.15, 0.2) is 60.9 Å². The summed E-state index contributed by atoms with van der Waals surface area (Å²) < 4.78 is 11.5. The van der Waals surface area contributed by atoms with E-state index in [1.165, 1.54) is 12.4 Å². The summed E-state index contributed by atoms with van der Waals surface area (Å²) >= 11 is 12.2. The molecule has 170 valence electrons. The third-order valence-corrected chi connectivity index (χ3v) is 5.76. The summed E-state index contributed by atoms with van der Waals surface area (Å²) in [5, 5.41) is 11.8. The molecular formula is C24H17Cl2N5O3. The maximum Gasteiger partial charge on any atom is 0.260 e. The van der Waals surface area contributed by atoms with Crippen molar-refractivity contribution in [3.05, 3.63) is 82.2 Å². The number of ether oxygens (including phenoxy) is 2. The van der Waals surface area contributed by atoms with E-state index >= 15 is 0 Å². The van der Waals surface area contributed by atoms with Crippen LogP contribution in [0.1, 0.15) is 16.1 Å². The van der Waals surface area contributed by atoms with E-state index in [1.807, 2.05) is 36.4 Å². The lowest BCUT2D eigenvalue weighted by molar-refractivity contribution is 0.102. The zero-order valence-electron chi connectivity index (χ0n) is 17.8. The molecule has 2 aromatic carbocycles. The lowest BCUT2D eigenvalue weighted by atomic mass is 10.2. The number of aromatic nitrogens is 4. The van der Waals surface area contributed by atoms with Crippen LogP contribution in [0, 0.1) is 0 Å². The molecule has 1 amide bonds. The van der Waals surface area contributed by atoms with E-state index in [4.69, 9.17) is 32.7 Å². The molecule has 5 rings (SSSR count). The summed E-state index contributed by atoms with van der Waals surface area (Å²) in [5.74, 6) is 0.765. The Hall–Kier alpha value is -3.88. The van der Waals surface area contributed by atoms with Crippen molar-refractivity contribution < 1.29 is 14.3 Å². The Kier molecular flexibility index (Phi) is 5.91. The molecule has 0 aliphatic rings. The molecule has 0 bridgehead atoms. The number of nitrogens with one attached hydrogen (secondary N) is 2. The molecule has 3 aromatic heterocycles. The summed E-state index contributed by atoms with van der Waals surface area (Å²) in [6.45, 7) is 0.231. The second kappa shape index (κ2) is 9.17. The number of pyridine rings is 2. The van der Waals surface area contributed by atoms with E-state index in [0.29, 0.717) is 28.2 Å². The SMILES string of the molecule is COc1cc2[nH]nc(NC(=O)c3c(Cl)cncc3Cl)c2cc1OCc1ccc2ccccc2n1. The number of methoxy groups -OCH3 is 1. The molecule has 0 aliphatic heterocycles. The number of hydrogen-bond acceptors (Lipinski definition) is 6. The van der Waals surface area contributed by atoms with Crippen molar-refractivity contribution in [2.45, 2.75) is 6.61 Å². The van der Waals surface area contributed by atoms with E-state index in [2.05, 4.69) is 25.5 Å². The van der Waals surface area contributed by atoms with Gasteiger partial charge in [-0.25, -0.2) is 4.98 Å². The van der Waals surface area contributed by atoms with Gasteiger partial charge in [0.05, 0.1) is 39.4 Å². The van der Waals surface area contributed by atoms with Crippen LogP contribution in [0.3, 0.4) is 0 Å². The molecule has 0 fully saturated rings. The third-order valence-electron chi connectivity index (χ3n) is 5.19. The maximum atomic E-state index is 12.8. The average Bonchev–Trinajstić information content (AvgIpc) is 3.23. The van der Waals surface area contributed by atoms with Crippen molar-refractivity contribution in [1.82, 2.24) is 20.2 Å². The number of anilines is 1. The number of carbonyl (C=O) groups excluding carboxylic acids is 1. The molecule has 8 nitrogen and oxygen atoms in total. The highest BCUT2D eigenvalue weighted by atomic mass is 35.5. The second-order valence-electron chi connectivity index (χ2n) is 7.34. The monoisotopic (exact) mass is 493 g/mol. The van der Waals surface area contributed by atoms with Gasteiger partial charge in [0, 0.05) is 29.2 Å². The Bertz CT molecular complexity index is 1520. The van der Waals surface area contributed by atoms with Gasteiger partial charge < -0.3 is 14.8 Å². The molecule has 0 radical (unpaired) electrons. The van der Waals surface area contributed by atoms with Gasteiger partial charge in [0.25, 0.3) is 5.91 Å². The predicted octanol–water partition coefficient (Wildman–Crippen LogP) is 5.65. The number of aromatic amines is 1. The summed E-state index contributed by atoms with van der Waals surface area (Å²) in [6.07, 6.45) is 2.70. The van der Waals surface area contributed by atoms with Crippen LogP contribution in [0.2, 0.25) is 10.0 Å². The summed E-state index contributed by atoms with van der Waals surface area (Å²) in [7, 11) is 1.55. The Morgan fingerprint density at radius 1 is 1.06 bits per heavy atom. The number of benzene rings is 2. The highest BCUT2D eigenvalue weighted by molar-refractivity contribution is 6.40. The fourth-order valence-electron chi connectivity index (χ4n) is 3.53. The van der Waals surface area contributed by atoms with Gasteiger partial charge in [-0.1, -0.05) is 47.5 Å². The topological polar surface area (TPSA) is 102 Å². The van der Waals surface area contributed by atoms with Crippen molar-refractivity contribution in [1.29, 1.82) is 0 Å². The number of carbonyl (C=O) groups is 1. The number of rotatable bonds is 6. The first-order valence-corrected chi connectivity index (χ1v) is 10.9. The first-order chi connectivity index (χ1) is 16.5. The van der Waals surface area contributed by atoms with Gasteiger partial charge in [-0.15, -0.1) is 0 Å². The number of halogens is 2. The molecule has 0 spiro atoms. The van der Waals surface area contributed by atoms with Crippen LogP contribution in [-0.4, -0.2) is 33.2 Å². The van der Waals surface area contributed by atoms with Crippen LogP contribution in [0.5, 0.6) is 11.5 Å². The zero-order chi connectivity index (χ0) is 23.7. The van der Waals surface area contributed by atoms with Gasteiger partial charge >= 0.3 is 0 Å². The first kappa shape index (κ1) is 21.9.